The summed E-state index contributed by atoms with van der Waals surface area (Å²) >= 11 is 7.08. The summed E-state index contributed by atoms with van der Waals surface area (Å²) < 4.78 is 5.16. The molecule has 0 spiro atoms. The van der Waals surface area contributed by atoms with Crippen molar-refractivity contribution in [3.8, 4) is 0 Å². The van der Waals surface area contributed by atoms with Gasteiger partial charge in [0.05, 0.1) is 22.8 Å². The first-order valence-corrected chi connectivity index (χ1v) is 9.35. The molecule has 1 aliphatic rings. The number of oxime groups is 1. The van der Waals surface area contributed by atoms with Gasteiger partial charge in [-0.15, -0.1) is 11.3 Å². The molecule has 136 valence electrons. The van der Waals surface area contributed by atoms with Gasteiger partial charge in [0.1, 0.15) is 5.00 Å². The third kappa shape index (κ3) is 3.59. The molecular formula is C18H17ClN2O4S. The maximum atomic E-state index is 12.5. The van der Waals surface area contributed by atoms with Crippen molar-refractivity contribution in [1.29, 1.82) is 0 Å². The molecule has 2 aromatic rings. The summed E-state index contributed by atoms with van der Waals surface area (Å²) in [5.74, 6) is -0.844. The number of nitrogens with zero attached hydrogens (tertiary/aromatic N) is 1. The molecule has 0 bridgehead atoms. The number of thiophene rings is 1. The molecule has 0 radical (unpaired) electrons. The molecule has 1 aromatic heterocycles. The largest absolute Gasteiger partial charge is 0.462 e. The van der Waals surface area contributed by atoms with Crippen LogP contribution in [0.3, 0.4) is 0 Å². The number of rotatable bonds is 4. The maximum absolute atomic E-state index is 12.5. The van der Waals surface area contributed by atoms with Crippen LogP contribution in [-0.2, 0) is 11.2 Å². The number of carbonyl (C=O) groups excluding carboxylic acids is 2. The number of nitrogens with one attached hydrogen (secondary N) is 1. The molecule has 1 amide bonds. The highest BCUT2D eigenvalue weighted by atomic mass is 35.5. The highest BCUT2D eigenvalue weighted by Gasteiger charge is 2.30. The van der Waals surface area contributed by atoms with E-state index in [1.54, 1.807) is 31.2 Å². The van der Waals surface area contributed by atoms with Crippen molar-refractivity contribution < 1.29 is 19.5 Å². The first-order chi connectivity index (χ1) is 12.5. The van der Waals surface area contributed by atoms with E-state index in [2.05, 4.69) is 10.5 Å². The Hall–Kier alpha value is -2.38. The van der Waals surface area contributed by atoms with Crippen molar-refractivity contribution in [1.82, 2.24) is 0 Å². The van der Waals surface area contributed by atoms with Crippen LogP contribution in [0.25, 0.3) is 0 Å². The fraction of sp³-hybridized carbons (Fsp3) is 0.278. The number of benzene rings is 1. The van der Waals surface area contributed by atoms with Gasteiger partial charge in [0.25, 0.3) is 5.91 Å². The molecule has 2 N–H and O–H groups in total. The SMILES string of the molecule is CCOC(=O)c1c(NC(=O)c2ccc(Cl)cc2)sc2c1CCC/C2=N\O. The number of anilines is 1. The Morgan fingerprint density at radius 2 is 2.04 bits per heavy atom. The van der Waals surface area contributed by atoms with Crippen LogP contribution in [0.1, 0.15) is 50.9 Å². The van der Waals surface area contributed by atoms with E-state index in [9.17, 15) is 14.8 Å². The number of halogens is 1. The smallest absolute Gasteiger partial charge is 0.341 e. The Labute approximate surface area is 159 Å². The zero-order valence-corrected chi connectivity index (χ0v) is 15.6. The van der Waals surface area contributed by atoms with Gasteiger partial charge < -0.3 is 15.3 Å². The predicted octanol–water partition coefficient (Wildman–Crippen LogP) is 4.35. The number of ether oxygens (including phenoxy) is 1. The Morgan fingerprint density at radius 3 is 2.69 bits per heavy atom. The minimum atomic E-state index is -0.490. The summed E-state index contributed by atoms with van der Waals surface area (Å²) in [6.07, 6.45) is 2.05. The second kappa shape index (κ2) is 7.88. The number of fused-ring (bicyclic) bond motifs is 1. The molecule has 6 nitrogen and oxygen atoms in total. The molecule has 0 saturated carbocycles. The van der Waals surface area contributed by atoms with Gasteiger partial charge in [-0.2, -0.15) is 0 Å². The molecule has 0 atom stereocenters. The zero-order valence-electron chi connectivity index (χ0n) is 14.0. The van der Waals surface area contributed by atoms with E-state index in [1.807, 2.05) is 0 Å². The fourth-order valence-corrected chi connectivity index (χ4v) is 4.23. The Balaban J connectivity index is 2.00. The van der Waals surface area contributed by atoms with Crippen LogP contribution in [0, 0.1) is 0 Å². The molecule has 26 heavy (non-hydrogen) atoms. The summed E-state index contributed by atoms with van der Waals surface area (Å²) in [5, 5.41) is 16.3. The number of esters is 1. The quantitative estimate of drug-likeness (QED) is 0.460. The minimum absolute atomic E-state index is 0.231. The van der Waals surface area contributed by atoms with Crippen LogP contribution in [0.15, 0.2) is 29.4 Å². The van der Waals surface area contributed by atoms with Gasteiger partial charge in [-0.3, -0.25) is 4.79 Å². The van der Waals surface area contributed by atoms with Gasteiger partial charge in [-0.1, -0.05) is 16.8 Å². The lowest BCUT2D eigenvalue weighted by molar-refractivity contribution is 0.0527. The van der Waals surface area contributed by atoms with Crippen molar-refractivity contribution in [3.05, 3.63) is 50.9 Å². The van der Waals surface area contributed by atoms with E-state index in [1.165, 1.54) is 11.3 Å². The van der Waals surface area contributed by atoms with Crippen LogP contribution in [0.5, 0.6) is 0 Å². The van der Waals surface area contributed by atoms with Crippen molar-refractivity contribution in [2.24, 2.45) is 5.16 Å². The van der Waals surface area contributed by atoms with E-state index in [4.69, 9.17) is 16.3 Å². The molecule has 0 unspecified atom stereocenters. The minimum Gasteiger partial charge on any atom is -0.462 e. The van der Waals surface area contributed by atoms with Crippen LogP contribution in [0.2, 0.25) is 5.02 Å². The van der Waals surface area contributed by atoms with E-state index < -0.39 is 5.97 Å². The lowest BCUT2D eigenvalue weighted by Gasteiger charge is -2.13. The van der Waals surface area contributed by atoms with Gasteiger partial charge in [0, 0.05) is 10.6 Å². The van der Waals surface area contributed by atoms with Crippen molar-refractivity contribution in [2.75, 3.05) is 11.9 Å². The normalized spacial score (nSPS) is 14.8. The first kappa shape index (κ1) is 18.4. The van der Waals surface area contributed by atoms with Gasteiger partial charge in [-0.05, 0) is 56.0 Å². The first-order valence-electron chi connectivity index (χ1n) is 8.16. The number of hydrogen-bond donors (Lipinski definition) is 2. The fourth-order valence-electron chi connectivity index (χ4n) is 2.86. The summed E-state index contributed by atoms with van der Waals surface area (Å²) in [6, 6.07) is 6.46. The monoisotopic (exact) mass is 392 g/mol. The predicted molar refractivity (Wildman–Crippen MR) is 101 cm³/mol. The van der Waals surface area contributed by atoms with E-state index >= 15 is 0 Å². The second-order valence-electron chi connectivity index (χ2n) is 5.70. The molecule has 0 fully saturated rings. The van der Waals surface area contributed by atoms with Crippen molar-refractivity contribution in [3.63, 3.8) is 0 Å². The summed E-state index contributed by atoms with van der Waals surface area (Å²) in [7, 11) is 0. The summed E-state index contributed by atoms with van der Waals surface area (Å²) in [6.45, 7) is 1.96. The van der Waals surface area contributed by atoms with Gasteiger partial charge >= 0.3 is 5.97 Å². The van der Waals surface area contributed by atoms with E-state index in [0.717, 1.165) is 12.0 Å². The Morgan fingerprint density at radius 1 is 1.31 bits per heavy atom. The summed E-state index contributed by atoms with van der Waals surface area (Å²) in [4.78, 5) is 25.7. The molecule has 1 aromatic carbocycles. The second-order valence-corrected chi connectivity index (χ2v) is 7.15. The van der Waals surface area contributed by atoms with Gasteiger partial charge in [-0.25, -0.2) is 4.79 Å². The molecular weight excluding hydrogens is 376 g/mol. The lowest BCUT2D eigenvalue weighted by Crippen LogP contribution is -2.16. The number of amides is 1. The Bertz CT molecular complexity index is 874. The number of carbonyl (C=O) groups is 2. The van der Waals surface area contributed by atoms with E-state index in [-0.39, 0.29) is 12.5 Å². The summed E-state index contributed by atoms with van der Waals surface area (Å²) in [5.41, 5.74) is 2.05. The molecule has 3 rings (SSSR count). The van der Waals surface area contributed by atoms with E-state index in [0.29, 0.717) is 44.6 Å². The highest BCUT2D eigenvalue weighted by molar-refractivity contribution is 7.19. The average molecular weight is 393 g/mol. The molecule has 0 aliphatic heterocycles. The highest BCUT2D eigenvalue weighted by Crippen LogP contribution is 2.39. The van der Waals surface area contributed by atoms with Crippen molar-refractivity contribution in [2.45, 2.75) is 26.2 Å². The molecule has 8 heteroatoms. The van der Waals surface area contributed by atoms with Crippen LogP contribution in [-0.4, -0.2) is 29.4 Å². The lowest BCUT2D eigenvalue weighted by atomic mass is 9.94. The van der Waals surface area contributed by atoms with Gasteiger partial charge in [0.2, 0.25) is 0 Å². The standard InChI is InChI=1S/C18H17ClN2O4S/c1-2-25-18(23)14-12-4-3-5-13(21-24)15(12)26-17(14)20-16(22)10-6-8-11(19)9-7-10/h6-9,24H,2-5H2,1H3,(H,20,22)/b21-13+. The Kier molecular flexibility index (Phi) is 5.58. The number of hydrogen-bond acceptors (Lipinski definition) is 6. The topological polar surface area (TPSA) is 88.0 Å². The van der Waals surface area contributed by atoms with Crippen LogP contribution in [0.4, 0.5) is 5.00 Å². The van der Waals surface area contributed by atoms with Crippen LogP contribution < -0.4 is 5.32 Å². The average Bonchev–Trinajstić information content (AvgIpc) is 3.00. The van der Waals surface area contributed by atoms with Gasteiger partial charge in [0.15, 0.2) is 0 Å². The van der Waals surface area contributed by atoms with Crippen molar-refractivity contribution >= 4 is 45.5 Å². The molecule has 0 saturated heterocycles. The van der Waals surface area contributed by atoms with Crippen LogP contribution >= 0.6 is 22.9 Å². The zero-order chi connectivity index (χ0) is 18.7. The maximum Gasteiger partial charge on any atom is 0.341 e. The third-order valence-electron chi connectivity index (χ3n) is 4.04. The molecule has 1 aliphatic carbocycles. The molecule has 1 heterocycles. The third-order valence-corrected chi connectivity index (χ3v) is 5.49.